The summed E-state index contributed by atoms with van der Waals surface area (Å²) in [6.07, 6.45) is 6.41. The van der Waals surface area contributed by atoms with Gasteiger partial charge >= 0.3 is 0 Å². The van der Waals surface area contributed by atoms with Gasteiger partial charge in [-0.3, -0.25) is 0 Å². The standard InChI is InChI=1S/C15H26O/c1-10-5-6-11-13(2,3)14(4)7-8-15(10,11)9-12(14)16/h10-12,16H,5-9H2,1-4H3/t10-,11+,12+,14+,15-/m0/s1. The van der Waals surface area contributed by atoms with Gasteiger partial charge in [-0.25, -0.2) is 0 Å². The highest BCUT2D eigenvalue weighted by Gasteiger charge is 2.68. The predicted molar refractivity (Wildman–Crippen MR) is 66.1 cm³/mol. The van der Waals surface area contributed by atoms with E-state index in [0.29, 0.717) is 10.8 Å². The average Bonchev–Trinajstić information content (AvgIpc) is 2.51. The van der Waals surface area contributed by atoms with Crippen LogP contribution in [0.4, 0.5) is 0 Å². The van der Waals surface area contributed by atoms with Crippen LogP contribution in [-0.4, -0.2) is 11.2 Å². The molecule has 16 heavy (non-hydrogen) atoms. The van der Waals surface area contributed by atoms with Crippen molar-refractivity contribution in [2.75, 3.05) is 0 Å². The van der Waals surface area contributed by atoms with Crippen molar-refractivity contribution in [2.45, 2.75) is 65.9 Å². The SMILES string of the molecule is C[C@H]1CC[C@@H]2C(C)(C)[C@]3(C)CC[C@@]21C[C@H]3O. The molecule has 1 heteroatoms. The molecule has 0 aromatic carbocycles. The zero-order chi connectivity index (χ0) is 11.8. The number of rotatable bonds is 0. The molecular formula is C15H26O. The van der Waals surface area contributed by atoms with E-state index in [1.165, 1.54) is 25.7 Å². The highest BCUT2D eigenvalue weighted by Crippen LogP contribution is 2.73. The van der Waals surface area contributed by atoms with Gasteiger partial charge in [0.2, 0.25) is 0 Å². The summed E-state index contributed by atoms with van der Waals surface area (Å²) >= 11 is 0. The van der Waals surface area contributed by atoms with Gasteiger partial charge in [0, 0.05) is 0 Å². The summed E-state index contributed by atoms with van der Waals surface area (Å²) in [6, 6.07) is 0. The first-order valence-electron chi connectivity index (χ1n) is 7.03. The van der Waals surface area contributed by atoms with E-state index >= 15 is 0 Å². The lowest BCUT2D eigenvalue weighted by Crippen LogP contribution is -2.63. The molecular weight excluding hydrogens is 196 g/mol. The lowest BCUT2D eigenvalue weighted by molar-refractivity contribution is -0.223. The molecule has 4 fully saturated rings. The van der Waals surface area contributed by atoms with Gasteiger partial charge in [-0.2, -0.15) is 0 Å². The first-order chi connectivity index (χ1) is 7.34. The number of aliphatic hydroxyl groups is 1. The van der Waals surface area contributed by atoms with Crippen LogP contribution in [0.1, 0.15) is 59.8 Å². The molecule has 0 amide bonds. The van der Waals surface area contributed by atoms with Crippen LogP contribution in [0.5, 0.6) is 0 Å². The lowest BCUT2D eigenvalue weighted by Gasteiger charge is -2.67. The van der Waals surface area contributed by atoms with Crippen molar-refractivity contribution in [3.05, 3.63) is 0 Å². The Labute approximate surface area is 99.6 Å². The van der Waals surface area contributed by atoms with E-state index in [-0.39, 0.29) is 11.5 Å². The first kappa shape index (κ1) is 11.1. The van der Waals surface area contributed by atoms with Crippen LogP contribution in [-0.2, 0) is 0 Å². The van der Waals surface area contributed by atoms with Crippen LogP contribution in [0.3, 0.4) is 0 Å². The Morgan fingerprint density at radius 2 is 1.75 bits per heavy atom. The third-order valence-electron chi connectivity index (χ3n) is 7.33. The number of fused-ring (bicyclic) bond motifs is 2. The van der Waals surface area contributed by atoms with E-state index in [4.69, 9.17) is 0 Å². The molecule has 4 aliphatic carbocycles. The summed E-state index contributed by atoms with van der Waals surface area (Å²) in [7, 11) is 0. The highest BCUT2D eigenvalue weighted by molar-refractivity contribution is 5.17. The maximum Gasteiger partial charge on any atom is 0.0604 e. The molecule has 0 heterocycles. The molecule has 1 N–H and O–H groups in total. The van der Waals surface area contributed by atoms with Crippen molar-refractivity contribution in [1.82, 2.24) is 0 Å². The summed E-state index contributed by atoms with van der Waals surface area (Å²) in [5, 5.41) is 10.6. The Morgan fingerprint density at radius 1 is 1.06 bits per heavy atom. The quantitative estimate of drug-likeness (QED) is 0.664. The van der Waals surface area contributed by atoms with Crippen LogP contribution >= 0.6 is 0 Å². The van der Waals surface area contributed by atoms with Gasteiger partial charge in [-0.15, -0.1) is 0 Å². The zero-order valence-corrected chi connectivity index (χ0v) is 11.2. The molecule has 1 spiro atoms. The summed E-state index contributed by atoms with van der Waals surface area (Å²) in [6.45, 7) is 9.61. The van der Waals surface area contributed by atoms with Gasteiger partial charge < -0.3 is 5.11 Å². The number of aliphatic hydroxyl groups excluding tert-OH is 1. The minimum Gasteiger partial charge on any atom is -0.393 e. The van der Waals surface area contributed by atoms with Crippen LogP contribution in [0.15, 0.2) is 0 Å². The molecule has 92 valence electrons. The minimum absolute atomic E-state index is 0.0620. The van der Waals surface area contributed by atoms with Crippen LogP contribution in [0, 0.1) is 28.1 Å². The Hall–Kier alpha value is -0.0400. The second-order valence-corrected chi connectivity index (χ2v) is 7.62. The Kier molecular flexibility index (Phi) is 1.98. The monoisotopic (exact) mass is 222 g/mol. The summed E-state index contributed by atoms with van der Waals surface area (Å²) in [5.74, 6) is 1.69. The van der Waals surface area contributed by atoms with Crippen molar-refractivity contribution in [2.24, 2.45) is 28.1 Å². The van der Waals surface area contributed by atoms with E-state index in [2.05, 4.69) is 27.7 Å². The summed E-state index contributed by atoms with van der Waals surface area (Å²) in [4.78, 5) is 0. The summed E-state index contributed by atoms with van der Waals surface area (Å²) in [5.41, 5.74) is 0.984. The summed E-state index contributed by atoms with van der Waals surface area (Å²) < 4.78 is 0. The minimum atomic E-state index is -0.0620. The topological polar surface area (TPSA) is 20.2 Å². The van der Waals surface area contributed by atoms with Gasteiger partial charge in [0.05, 0.1) is 6.10 Å². The molecule has 0 aromatic heterocycles. The molecule has 4 rings (SSSR count). The van der Waals surface area contributed by atoms with Crippen LogP contribution in [0.25, 0.3) is 0 Å². The smallest absolute Gasteiger partial charge is 0.0604 e. The largest absolute Gasteiger partial charge is 0.393 e. The van der Waals surface area contributed by atoms with E-state index in [0.717, 1.165) is 18.3 Å². The van der Waals surface area contributed by atoms with Gasteiger partial charge in [0.25, 0.3) is 0 Å². The maximum absolute atomic E-state index is 10.6. The molecule has 4 aliphatic rings. The van der Waals surface area contributed by atoms with Crippen LogP contribution < -0.4 is 0 Å². The van der Waals surface area contributed by atoms with Crippen LogP contribution in [0.2, 0.25) is 0 Å². The van der Waals surface area contributed by atoms with Gasteiger partial charge in [-0.05, 0) is 60.2 Å². The maximum atomic E-state index is 10.6. The van der Waals surface area contributed by atoms with Gasteiger partial charge in [-0.1, -0.05) is 27.7 Å². The predicted octanol–water partition coefficient (Wildman–Crippen LogP) is 3.61. The van der Waals surface area contributed by atoms with Gasteiger partial charge in [0.1, 0.15) is 0 Å². The van der Waals surface area contributed by atoms with E-state index < -0.39 is 0 Å². The molecule has 0 saturated heterocycles. The third kappa shape index (κ3) is 0.939. The van der Waals surface area contributed by atoms with Crippen molar-refractivity contribution in [3.63, 3.8) is 0 Å². The van der Waals surface area contributed by atoms with E-state index in [9.17, 15) is 5.11 Å². The molecule has 4 saturated carbocycles. The van der Waals surface area contributed by atoms with Gasteiger partial charge in [0.15, 0.2) is 0 Å². The highest BCUT2D eigenvalue weighted by atomic mass is 16.3. The molecule has 2 bridgehead atoms. The number of hydrogen-bond acceptors (Lipinski definition) is 1. The molecule has 0 aromatic rings. The fourth-order valence-corrected chi connectivity index (χ4v) is 5.67. The lowest BCUT2D eigenvalue weighted by atomic mass is 9.38. The van der Waals surface area contributed by atoms with E-state index in [1.54, 1.807) is 0 Å². The Morgan fingerprint density at radius 3 is 2.38 bits per heavy atom. The van der Waals surface area contributed by atoms with Crippen molar-refractivity contribution < 1.29 is 5.11 Å². The van der Waals surface area contributed by atoms with Crippen molar-refractivity contribution in [1.29, 1.82) is 0 Å². The molecule has 1 nitrogen and oxygen atoms in total. The molecule has 5 atom stereocenters. The Balaban J connectivity index is 2.12. The number of hydrogen-bond donors (Lipinski definition) is 1. The fraction of sp³-hybridized carbons (Fsp3) is 1.00. The average molecular weight is 222 g/mol. The van der Waals surface area contributed by atoms with Crippen molar-refractivity contribution in [3.8, 4) is 0 Å². The Bertz CT molecular complexity index is 321. The normalized spacial score (nSPS) is 58.7. The molecule has 0 unspecified atom stereocenters. The van der Waals surface area contributed by atoms with E-state index in [1.807, 2.05) is 0 Å². The second-order valence-electron chi connectivity index (χ2n) is 7.62. The first-order valence-corrected chi connectivity index (χ1v) is 7.03. The second kappa shape index (κ2) is 2.85. The van der Waals surface area contributed by atoms with Crippen molar-refractivity contribution >= 4 is 0 Å². The molecule has 0 radical (unpaired) electrons. The third-order valence-corrected chi connectivity index (χ3v) is 7.33. The molecule has 0 aliphatic heterocycles. The zero-order valence-electron chi connectivity index (χ0n) is 11.2. The fourth-order valence-electron chi connectivity index (χ4n) is 5.67.